The minimum atomic E-state index is -0.603. The molecule has 0 bridgehead atoms. The number of nitrogens with zero attached hydrogens (tertiary/aromatic N) is 3. The van der Waals surface area contributed by atoms with Crippen LogP contribution in [-0.4, -0.2) is 42.1 Å². The van der Waals surface area contributed by atoms with E-state index in [0.29, 0.717) is 28.4 Å². The Morgan fingerprint density at radius 3 is 2.57 bits per heavy atom. The van der Waals surface area contributed by atoms with Crippen molar-refractivity contribution in [2.75, 3.05) is 31.1 Å². The largest absolute Gasteiger partial charge is 0.334 e. The highest BCUT2D eigenvalue weighted by molar-refractivity contribution is 6.32. The summed E-state index contributed by atoms with van der Waals surface area (Å²) in [6, 6.07) is 13.2. The second-order valence-corrected chi connectivity index (χ2v) is 10.3. The van der Waals surface area contributed by atoms with Crippen LogP contribution in [0.1, 0.15) is 29.5 Å². The highest BCUT2D eigenvalue weighted by atomic mass is 35.5. The first kappa shape index (κ1) is 25.6. The smallest absolute Gasteiger partial charge is 0.322 e. The molecule has 1 spiro atoms. The molecule has 0 atom stereocenters. The van der Waals surface area contributed by atoms with Gasteiger partial charge in [-0.3, -0.25) is 9.80 Å². The van der Waals surface area contributed by atoms with E-state index in [-0.39, 0.29) is 17.6 Å². The first-order valence-electron chi connectivity index (χ1n) is 12.1. The van der Waals surface area contributed by atoms with E-state index < -0.39 is 17.2 Å². The zero-order valence-electron chi connectivity index (χ0n) is 20.1. The predicted octanol–water partition coefficient (Wildman–Crippen LogP) is 6.44. The molecule has 192 valence electrons. The first-order chi connectivity index (χ1) is 17.8. The van der Waals surface area contributed by atoms with Crippen molar-refractivity contribution in [1.29, 1.82) is 0 Å². The van der Waals surface area contributed by atoms with Gasteiger partial charge < -0.3 is 5.32 Å². The number of urea groups is 1. The lowest BCUT2D eigenvalue weighted by molar-refractivity contribution is 0.180. The second kappa shape index (κ2) is 10.8. The molecule has 0 aliphatic carbocycles. The zero-order valence-corrected chi connectivity index (χ0v) is 21.6. The number of aromatic nitrogens is 1. The van der Waals surface area contributed by atoms with Crippen molar-refractivity contribution in [3.63, 3.8) is 0 Å². The van der Waals surface area contributed by atoms with E-state index in [2.05, 4.69) is 27.4 Å². The highest BCUT2D eigenvalue weighted by Gasteiger charge is 2.48. The Labute approximate surface area is 224 Å². The maximum atomic E-state index is 14.6. The van der Waals surface area contributed by atoms with Gasteiger partial charge in [0.05, 0.1) is 10.7 Å². The molecule has 9 heteroatoms. The fraction of sp³-hybridized carbons (Fsp3) is 0.286. The van der Waals surface area contributed by atoms with E-state index >= 15 is 0 Å². The summed E-state index contributed by atoms with van der Waals surface area (Å²) in [5.41, 5.74) is 2.59. The highest BCUT2D eigenvalue weighted by Crippen LogP contribution is 2.50. The van der Waals surface area contributed by atoms with Gasteiger partial charge in [0.25, 0.3) is 0 Å². The zero-order chi connectivity index (χ0) is 26.0. The van der Waals surface area contributed by atoms with Crippen LogP contribution in [0.4, 0.5) is 19.3 Å². The van der Waals surface area contributed by atoms with Crippen molar-refractivity contribution in [3.8, 4) is 0 Å². The number of piperidine rings is 1. The van der Waals surface area contributed by atoms with Crippen LogP contribution in [0.25, 0.3) is 6.08 Å². The van der Waals surface area contributed by atoms with Crippen molar-refractivity contribution in [2.45, 2.75) is 24.8 Å². The van der Waals surface area contributed by atoms with Crippen molar-refractivity contribution < 1.29 is 13.6 Å². The van der Waals surface area contributed by atoms with E-state index in [1.807, 2.05) is 24.3 Å². The number of carbonyl (C=O) groups is 1. The lowest BCUT2D eigenvalue weighted by Crippen LogP contribution is -2.47. The van der Waals surface area contributed by atoms with Crippen molar-refractivity contribution >= 4 is 41.0 Å². The van der Waals surface area contributed by atoms with Gasteiger partial charge in [-0.05, 0) is 73.5 Å². The van der Waals surface area contributed by atoms with Crippen LogP contribution in [0, 0.1) is 11.8 Å². The molecule has 2 aromatic carbocycles. The van der Waals surface area contributed by atoms with Crippen molar-refractivity contribution in [3.05, 3.63) is 99.3 Å². The molecule has 3 heterocycles. The molecule has 1 N–H and O–H groups in total. The maximum absolute atomic E-state index is 14.6. The third-order valence-electron chi connectivity index (χ3n) is 7.19. The maximum Gasteiger partial charge on any atom is 0.322 e. The Kier molecular flexibility index (Phi) is 7.47. The SMILES string of the molecule is O=C(NCc1ccnc(F)c1)N1CC2(CCN(CC=Cc3ccc(Cl)cc3)CC2)c2c1ccc(F)c2Cl. The van der Waals surface area contributed by atoms with Crippen LogP contribution in [0.2, 0.25) is 10.0 Å². The molecule has 5 nitrogen and oxygen atoms in total. The van der Waals surface area contributed by atoms with E-state index in [1.165, 1.54) is 18.3 Å². The molecule has 0 saturated carbocycles. The number of fused-ring (bicyclic) bond motifs is 2. The van der Waals surface area contributed by atoms with Crippen LogP contribution in [-0.2, 0) is 12.0 Å². The fourth-order valence-corrected chi connectivity index (χ4v) is 5.71. The Morgan fingerprint density at radius 1 is 1.08 bits per heavy atom. The van der Waals surface area contributed by atoms with Crippen LogP contribution in [0.5, 0.6) is 0 Å². The Morgan fingerprint density at radius 2 is 1.84 bits per heavy atom. The van der Waals surface area contributed by atoms with Gasteiger partial charge in [0.15, 0.2) is 0 Å². The van der Waals surface area contributed by atoms with Gasteiger partial charge in [-0.15, -0.1) is 0 Å². The Bertz CT molecular complexity index is 1320. The van der Waals surface area contributed by atoms with Gasteiger partial charge in [-0.2, -0.15) is 4.39 Å². The fourth-order valence-electron chi connectivity index (χ4n) is 5.23. The predicted molar refractivity (Wildman–Crippen MR) is 143 cm³/mol. The van der Waals surface area contributed by atoms with Crippen LogP contribution in [0.15, 0.2) is 60.8 Å². The van der Waals surface area contributed by atoms with Crippen LogP contribution >= 0.6 is 23.2 Å². The average Bonchev–Trinajstić information content (AvgIpc) is 3.21. The number of rotatable bonds is 5. The molecular formula is C28H26Cl2F2N4O. The molecule has 1 aromatic heterocycles. The normalized spacial score (nSPS) is 16.9. The summed E-state index contributed by atoms with van der Waals surface area (Å²) in [6.45, 7) is 2.94. The molecular weight excluding hydrogens is 517 g/mol. The molecule has 5 rings (SSSR count). The first-order valence-corrected chi connectivity index (χ1v) is 12.9. The van der Waals surface area contributed by atoms with Gasteiger partial charge in [-0.25, -0.2) is 14.2 Å². The van der Waals surface area contributed by atoms with Gasteiger partial charge in [-0.1, -0.05) is 47.5 Å². The van der Waals surface area contributed by atoms with Gasteiger partial charge in [0.2, 0.25) is 5.95 Å². The van der Waals surface area contributed by atoms with Crippen molar-refractivity contribution in [1.82, 2.24) is 15.2 Å². The third kappa shape index (κ3) is 5.49. The standard InChI is InChI=1S/C28H26Cl2F2N4O/c29-21-5-3-19(4-6-21)2-1-13-35-14-10-28(11-15-35)18-36(23-8-7-22(31)26(30)25(23)28)27(37)34-17-20-9-12-33-24(32)16-20/h1-9,12,16H,10-11,13-15,17-18H2,(H,34,37). The lowest BCUT2D eigenvalue weighted by atomic mass is 9.74. The molecule has 0 radical (unpaired) electrons. The van der Waals surface area contributed by atoms with Crippen LogP contribution < -0.4 is 10.2 Å². The summed E-state index contributed by atoms with van der Waals surface area (Å²) in [7, 11) is 0. The quantitative estimate of drug-likeness (QED) is 0.377. The number of anilines is 1. The number of hydrogen-bond acceptors (Lipinski definition) is 3. The van der Waals surface area contributed by atoms with E-state index in [0.717, 1.165) is 38.0 Å². The molecule has 2 aliphatic rings. The number of benzene rings is 2. The number of halogens is 4. The Hall–Kier alpha value is -3.00. The number of hydrogen-bond donors (Lipinski definition) is 1. The molecule has 1 saturated heterocycles. The number of pyridine rings is 1. The molecule has 3 aromatic rings. The van der Waals surface area contributed by atoms with E-state index in [9.17, 15) is 13.6 Å². The lowest BCUT2D eigenvalue weighted by Gasteiger charge is -2.39. The topological polar surface area (TPSA) is 48.5 Å². The van der Waals surface area contributed by atoms with Crippen LogP contribution in [0.3, 0.4) is 0 Å². The summed E-state index contributed by atoms with van der Waals surface area (Å²) in [6.07, 6.45) is 7.04. The number of nitrogens with one attached hydrogen (secondary N) is 1. The second-order valence-electron chi connectivity index (χ2n) is 9.52. The average molecular weight is 543 g/mol. The van der Waals surface area contributed by atoms with Gasteiger partial charge >= 0.3 is 6.03 Å². The monoisotopic (exact) mass is 542 g/mol. The van der Waals surface area contributed by atoms with Crippen molar-refractivity contribution in [2.24, 2.45) is 0 Å². The van der Waals surface area contributed by atoms with E-state index in [1.54, 1.807) is 17.0 Å². The van der Waals surface area contributed by atoms with E-state index in [4.69, 9.17) is 23.2 Å². The number of carbonyl (C=O) groups excluding carboxylic acids is 1. The minimum Gasteiger partial charge on any atom is -0.334 e. The molecule has 0 unspecified atom stereocenters. The summed E-state index contributed by atoms with van der Waals surface area (Å²) >= 11 is 12.5. The molecule has 2 aliphatic heterocycles. The molecule has 1 fully saturated rings. The van der Waals surface area contributed by atoms with Gasteiger partial charge in [0.1, 0.15) is 5.82 Å². The Balaban J connectivity index is 1.28. The summed E-state index contributed by atoms with van der Waals surface area (Å²) in [5, 5.41) is 3.64. The summed E-state index contributed by atoms with van der Waals surface area (Å²) in [4.78, 5) is 20.7. The minimum absolute atomic E-state index is 0.0834. The summed E-state index contributed by atoms with van der Waals surface area (Å²) in [5.74, 6) is -1.09. The summed E-state index contributed by atoms with van der Waals surface area (Å²) < 4.78 is 28.0. The number of likely N-dealkylation sites (tertiary alicyclic amines) is 1. The molecule has 2 amide bonds. The molecule has 37 heavy (non-hydrogen) atoms. The van der Waals surface area contributed by atoms with Gasteiger partial charge in [0, 0.05) is 41.8 Å². The third-order valence-corrected chi connectivity index (χ3v) is 7.81. The number of amides is 2.